The van der Waals surface area contributed by atoms with E-state index in [1.807, 2.05) is 13.8 Å². The van der Waals surface area contributed by atoms with Gasteiger partial charge in [-0.2, -0.15) is 6.41 Å². The van der Waals surface area contributed by atoms with Gasteiger partial charge in [-0.3, -0.25) is 14.4 Å². The number of benzene rings is 1. The molecule has 16 nitrogen and oxygen atoms in total. The van der Waals surface area contributed by atoms with E-state index in [9.17, 15) is 24.0 Å². The van der Waals surface area contributed by atoms with Crippen LogP contribution in [-0.4, -0.2) is 114 Å². The first-order chi connectivity index (χ1) is 22.6. The fourth-order valence-electron chi connectivity index (χ4n) is 2.87. The third-order valence-corrected chi connectivity index (χ3v) is 5.74. The molecule has 0 fully saturated rings. The molecule has 1 unspecified atom stereocenters. The molecule has 0 spiro atoms. The average Bonchev–Trinajstić information content (AvgIpc) is 3.05. The molecule has 0 radical (unpaired) electrons. The third-order valence-electron chi connectivity index (χ3n) is 5.74. The minimum absolute atomic E-state index is 0. The van der Waals surface area contributed by atoms with Crippen LogP contribution in [0, 0.1) is 5.92 Å². The Morgan fingerprint density at radius 2 is 1.42 bits per heavy atom. The molecule has 0 saturated heterocycles. The number of urea groups is 1. The summed E-state index contributed by atoms with van der Waals surface area (Å²) in [5.74, 6) is 0.141. The van der Waals surface area contributed by atoms with Crippen molar-refractivity contribution in [1.29, 1.82) is 0 Å². The van der Waals surface area contributed by atoms with Gasteiger partial charge in [0, 0.05) is 31.2 Å². The Bertz CT molecular complexity index is 945. The van der Waals surface area contributed by atoms with Gasteiger partial charge < -0.3 is 61.2 Å². The molecule has 48 heavy (non-hydrogen) atoms. The smallest absolute Gasteiger partial charge is 0.312 e. The zero-order valence-corrected chi connectivity index (χ0v) is 30.8. The molecular formula is C31H55FmN6O10-. The fraction of sp³-hybridized carbons (Fsp3) is 0.645. The summed E-state index contributed by atoms with van der Waals surface area (Å²) in [6, 6.07) is 6.52. The standard InChI is InChI=1S/C17H33N2O6.C10H12N2O3.C4H10N2O.Fm/c1-15(2)16(3)19-17(21)4-6-22-8-10-24-12-13-25-11-9-23-7-5-18-14-20;13-6-8-1-3-9(4-2-8)12-10(15)5-11-7-14;1-2-3-6-4(5)7;/h15-16H,4-13H2,1-3H3,(H,18,20)(H,19,21);1-4,7,13H,5-6H2,(H,11,14)(H,12,15);2-3H2,1H3,(H3,5,6,7);/q-1;;;. The molecule has 0 heterocycles. The first kappa shape index (κ1) is 47.6. The van der Waals surface area contributed by atoms with E-state index in [0.29, 0.717) is 90.4 Å². The summed E-state index contributed by atoms with van der Waals surface area (Å²) in [6.45, 7) is 12.8. The summed E-state index contributed by atoms with van der Waals surface area (Å²) in [5.41, 5.74) is 6.13. The van der Waals surface area contributed by atoms with Gasteiger partial charge in [0.05, 0.1) is 66.0 Å². The number of nitrogens with one attached hydrogen (secondary N) is 5. The molecule has 0 saturated carbocycles. The second-order valence-corrected chi connectivity index (χ2v) is 10.0. The maximum absolute atomic E-state index is 11.6. The van der Waals surface area contributed by atoms with Crippen molar-refractivity contribution in [3.05, 3.63) is 29.8 Å². The van der Waals surface area contributed by atoms with E-state index >= 15 is 0 Å². The van der Waals surface area contributed by atoms with E-state index in [-0.39, 0.29) is 31.0 Å². The van der Waals surface area contributed by atoms with E-state index in [4.69, 9.17) is 29.8 Å². The van der Waals surface area contributed by atoms with Gasteiger partial charge in [0.15, 0.2) is 0 Å². The Balaban J connectivity index is -0.000000740. The van der Waals surface area contributed by atoms with Crippen molar-refractivity contribution in [2.24, 2.45) is 11.7 Å². The monoisotopic (exact) mass is 928 g/mol. The summed E-state index contributed by atoms with van der Waals surface area (Å²) >= 11 is 0. The minimum atomic E-state index is -0.443. The molecule has 0 aliphatic heterocycles. The van der Waals surface area contributed by atoms with Gasteiger partial charge in [0.25, 0.3) is 0 Å². The van der Waals surface area contributed by atoms with Crippen molar-refractivity contribution in [3.8, 4) is 0 Å². The zero-order chi connectivity index (χ0) is 35.5. The van der Waals surface area contributed by atoms with Crippen molar-refractivity contribution < 1.29 is 48.0 Å². The summed E-state index contributed by atoms with van der Waals surface area (Å²) < 4.78 is 21.2. The predicted molar refractivity (Wildman–Crippen MR) is 177 cm³/mol. The summed E-state index contributed by atoms with van der Waals surface area (Å²) in [5, 5.41) is 21.4. The Morgan fingerprint density at radius 3 is 1.85 bits per heavy atom. The molecule has 0 aliphatic carbocycles. The van der Waals surface area contributed by atoms with Gasteiger partial charge in [-0.15, -0.1) is 0 Å². The Kier molecular flexibility index (Phi) is 34.7. The number of anilines is 1. The van der Waals surface area contributed by atoms with Crippen LogP contribution in [0.5, 0.6) is 0 Å². The average molecular weight is 929 g/mol. The molecular weight excluding hydrogens is 873 g/mol. The van der Waals surface area contributed by atoms with Crippen molar-refractivity contribution >= 4 is 36.4 Å². The summed E-state index contributed by atoms with van der Waals surface area (Å²) in [4.78, 5) is 52.4. The second kappa shape index (κ2) is 35.0. The maximum Gasteiger partial charge on any atom is 0.312 e. The number of carbonyl (C=O) groups excluding carboxylic acids is 5. The molecule has 1 atom stereocenters. The van der Waals surface area contributed by atoms with E-state index in [1.54, 1.807) is 30.7 Å². The number of amides is 6. The first-order valence-electron chi connectivity index (χ1n) is 15.5. The molecule has 282 valence electrons. The number of rotatable bonds is 25. The van der Waals surface area contributed by atoms with Crippen LogP contribution in [0.4, 0.5) is 10.5 Å². The molecule has 1 rings (SSSR count). The first-order valence-corrected chi connectivity index (χ1v) is 15.5. The fourth-order valence-corrected chi connectivity index (χ4v) is 2.87. The topological polar surface area (TPSA) is 229 Å². The zero-order valence-electron chi connectivity index (χ0n) is 28.4. The van der Waals surface area contributed by atoms with Crippen LogP contribution in [0.15, 0.2) is 24.3 Å². The van der Waals surface area contributed by atoms with E-state index < -0.39 is 6.03 Å². The van der Waals surface area contributed by atoms with Crippen LogP contribution >= 0.6 is 0 Å². The molecule has 0 bridgehead atoms. The number of hydrogen-bond acceptors (Lipinski definition) is 10. The molecule has 0 aromatic heterocycles. The quantitative estimate of drug-likeness (QED) is 0.0305. The van der Waals surface area contributed by atoms with Gasteiger partial charge in [0.1, 0.15) is 0 Å². The van der Waals surface area contributed by atoms with Crippen molar-refractivity contribution in [2.75, 3.05) is 77.8 Å². The number of hydrogen-bond donors (Lipinski definition) is 7. The minimum Gasteiger partial charge on any atom is -0.528 e. The van der Waals surface area contributed by atoms with Crippen molar-refractivity contribution in [1.82, 2.24) is 21.3 Å². The maximum atomic E-state index is 11.6. The number of ether oxygens (including phenoxy) is 4. The van der Waals surface area contributed by atoms with Gasteiger partial charge in [-0.05, 0) is 37.0 Å². The number of aliphatic hydroxyl groups is 1. The van der Waals surface area contributed by atoms with Gasteiger partial charge in [0.2, 0.25) is 18.2 Å². The molecule has 1 aromatic rings. The molecule has 0 aliphatic rings. The summed E-state index contributed by atoms with van der Waals surface area (Å²) in [6.07, 6.45) is 3.33. The third kappa shape index (κ3) is 34.1. The number of aliphatic hydroxyl groups excluding tert-OH is 1. The predicted octanol–water partition coefficient (Wildman–Crippen LogP) is 0.189. The second-order valence-electron chi connectivity index (χ2n) is 10.0. The molecule has 6 amide bonds. The van der Waals surface area contributed by atoms with E-state index in [1.165, 1.54) is 0 Å². The molecule has 17 heteroatoms. The summed E-state index contributed by atoms with van der Waals surface area (Å²) in [7, 11) is 0. The van der Waals surface area contributed by atoms with Crippen molar-refractivity contribution in [2.45, 2.75) is 53.2 Å². The van der Waals surface area contributed by atoms with Crippen LogP contribution in [0.2, 0.25) is 0 Å². The van der Waals surface area contributed by atoms with Gasteiger partial charge in [-0.1, -0.05) is 32.9 Å². The van der Waals surface area contributed by atoms with Gasteiger partial charge >= 0.3 is 6.03 Å². The van der Waals surface area contributed by atoms with Crippen LogP contribution in [0.1, 0.15) is 46.1 Å². The molecule has 8 N–H and O–H groups in total. The van der Waals surface area contributed by atoms with Gasteiger partial charge in [-0.25, -0.2) is 4.79 Å². The number of primary amides is 1. The Hall–Kier alpha value is -4.83. The number of nitrogens with two attached hydrogens (primary N) is 1. The largest absolute Gasteiger partial charge is 0.528 e. The van der Waals surface area contributed by atoms with Crippen molar-refractivity contribution in [3.63, 3.8) is 0 Å². The number of carbonyl (C=O) groups is 4. The SMILES string of the molecule is CC(C)C(C)NC(=O)CCOCCOCCOCCOCCN[C-]=O.CCCNC(N)=O.O=CNCC(=O)Nc1ccc(CO)cc1.[Fm]. The van der Waals surface area contributed by atoms with Crippen LogP contribution in [0.25, 0.3) is 0 Å². The Morgan fingerprint density at radius 1 is 0.875 bits per heavy atom. The van der Waals surface area contributed by atoms with Crippen LogP contribution in [0.3, 0.4) is 0 Å². The Labute approximate surface area is 278 Å². The van der Waals surface area contributed by atoms with Crippen LogP contribution < -0.4 is 32.3 Å². The molecule has 1 aromatic carbocycles. The van der Waals surface area contributed by atoms with E-state index in [2.05, 4.69) is 40.4 Å². The van der Waals surface area contributed by atoms with Crippen LogP contribution in [-0.2, 0) is 44.7 Å². The van der Waals surface area contributed by atoms with E-state index in [0.717, 1.165) is 12.0 Å². The normalized spacial score (nSPS) is 10.5.